The van der Waals surface area contributed by atoms with Crippen LogP contribution in [0.25, 0.3) is 11.1 Å². The van der Waals surface area contributed by atoms with Crippen LogP contribution >= 0.6 is 0 Å². The molecule has 0 fully saturated rings. The lowest BCUT2D eigenvalue weighted by Crippen LogP contribution is -2.12. The number of alkyl halides is 2. The Hall–Kier alpha value is -2.43. The lowest BCUT2D eigenvalue weighted by atomic mass is 9.99. The summed E-state index contributed by atoms with van der Waals surface area (Å²) in [6.45, 7) is -0.642. The van der Waals surface area contributed by atoms with Crippen molar-refractivity contribution in [3.8, 4) is 16.9 Å². The van der Waals surface area contributed by atoms with E-state index in [2.05, 4.69) is 0 Å². The third-order valence-corrected chi connectivity index (χ3v) is 2.73. The van der Waals surface area contributed by atoms with Gasteiger partial charge in [-0.2, -0.15) is 0 Å². The van der Waals surface area contributed by atoms with Crippen molar-refractivity contribution < 1.29 is 18.3 Å². The number of rotatable bonds is 5. The third-order valence-electron chi connectivity index (χ3n) is 2.73. The Morgan fingerprint density at radius 3 is 2.35 bits per heavy atom. The number of benzene rings is 2. The predicted octanol–water partition coefficient (Wildman–Crippen LogP) is 3.10. The predicted molar refractivity (Wildman–Crippen MR) is 71.9 cm³/mol. The minimum atomic E-state index is -2.51. The van der Waals surface area contributed by atoms with Gasteiger partial charge in [0.1, 0.15) is 12.4 Å². The van der Waals surface area contributed by atoms with Gasteiger partial charge in [-0.15, -0.1) is 0 Å². The van der Waals surface area contributed by atoms with Crippen LogP contribution in [0, 0.1) is 0 Å². The zero-order valence-corrected chi connectivity index (χ0v) is 10.6. The number of amides is 1. The quantitative estimate of drug-likeness (QED) is 0.913. The van der Waals surface area contributed by atoms with E-state index < -0.39 is 18.9 Å². The fourth-order valence-electron chi connectivity index (χ4n) is 1.84. The molecule has 0 bridgehead atoms. The second-order valence-corrected chi connectivity index (χ2v) is 4.14. The van der Waals surface area contributed by atoms with Gasteiger partial charge in [-0.3, -0.25) is 4.79 Å². The standard InChI is InChI=1S/C15H13F2NO2/c16-14(17)9-20-11-7-5-10(6-8-11)12-3-1-2-4-13(12)15(18)19/h1-8,14H,9H2,(H2,18,19). The molecule has 2 aromatic carbocycles. The summed E-state index contributed by atoms with van der Waals surface area (Å²) < 4.78 is 29.0. The molecule has 0 spiro atoms. The second kappa shape index (κ2) is 6.14. The molecular weight excluding hydrogens is 264 g/mol. The van der Waals surface area contributed by atoms with Gasteiger partial charge in [0, 0.05) is 5.56 Å². The highest BCUT2D eigenvalue weighted by Crippen LogP contribution is 2.25. The Kier molecular flexibility index (Phi) is 4.30. The van der Waals surface area contributed by atoms with Gasteiger partial charge in [0.05, 0.1) is 0 Å². The largest absolute Gasteiger partial charge is 0.488 e. The van der Waals surface area contributed by atoms with Crippen molar-refractivity contribution in [3.05, 3.63) is 54.1 Å². The molecule has 1 amide bonds. The summed E-state index contributed by atoms with van der Waals surface area (Å²) in [4.78, 5) is 11.4. The van der Waals surface area contributed by atoms with Crippen molar-refractivity contribution in [1.82, 2.24) is 0 Å². The maximum Gasteiger partial charge on any atom is 0.272 e. The van der Waals surface area contributed by atoms with Crippen LogP contribution in [-0.4, -0.2) is 18.9 Å². The molecule has 0 unspecified atom stereocenters. The van der Waals surface area contributed by atoms with Gasteiger partial charge >= 0.3 is 0 Å². The van der Waals surface area contributed by atoms with Crippen LogP contribution in [0.1, 0.15) is 10.4 Å². The van der Waals surface area contributed by atoms with Gasteiger partial charge in [0.15, 0.2) is 0 Å². The van der Waals surface area contributed by atoms with Crippen LogP contribution in [-0.2, 0) is 0 Å². The Balaban J connectivity index is 2.24. The summed E-state index contributed by atoms with van der Waals surface area (Å²) in [7, 11) is 0. The lowest BCUT2D eigenvalue weighted by Gasteiger charge is -2.09. The highest BCUT2D eigenvalue weighted by molar-refractivity contribution is 5.99. The van der Waals surface area contributed by atoms with E-state index in [-0.39, 0.29) is 0 Å². The van der Waals surface area contributed by atoms with Gasteiger partial charge < -0.3 is 10.5 Å². The van der Waals surface area contributed by atoms with E-state index in [0.717, 1.165) is 5.56 Å². The fourth-order valence-corrected chi connectivity index (χ4v) is 1.84. The first kappa shape index (κ1) is 14.0. The zero-order chi connectivity index (χ0) is 14.5. The molecule has 0 saturated heterocycles. The van der Waals surface area contributed by atoms with Crippen LogP contribution in [0.5, 0.6) is 5.75 Å². The van der Waals surface area contributed by atoms with Gasteiger partial charge in [-0.1, -0.05) is 30.3 Å². The monoisotopic (exact) mass is 277 g/mol. The van der Waals surface area contributed by atoms with Gasteiger partial charge in [-0.25, -0.2) is 8.78 Å². The van der Waals surface area contributed by atoms with Crippen molar-refractivity contribution in [3.63, 3.8) is 0 Å². The van der Waals surface area contributed by atoms with Crippen LogP contribution in [0.15, 0.2) is 48.5 Å². The Morgan fingerprint density at radius 2 is 1.75 bits per heavy atom. The van der Waals surface area contributed by atoms with Crippen molar-refractivity contribution in [1.29, 1.82) is 0 Å². The molecule has 0 saturated carbocycles. The summed E-state index contributed by atoms with van der Waals surface area (Å²) in [5, 5.41) is 0. The van der Waals surface area contributed by atoms with Crippen molar-refractivity contribution in [2.75, 3.05) is 6.61 Å². The summed E-state index contributed by atoms with van der Waals surface area (Å²) >= 11 is 0. The number of carbonyl (C=O) groups excluding carboxylic acids is 1. The summed E-state index contributed by atoms with van der Waals surface area (Å²) in [5.41, 5.74) is 7.19. The molecule has 2 aromatic rings. The molecular formula is C15H13F2NO2. The smallest absolute Gasteiger partial charge is 0.272 e. The van der Waals surface area contributed by atoms with Crippen LogP contribution in [0.2, 0.25) is 0 Å². The van der Waals surface area contributed by atoms with E-state index in [9.17, 15) is 13.6 Å². The molecule has 0 aliphatic carbocycles. The Bertz CT molecular complexity index is 597. The first-order valence-corrected chi connectivity index (χ1v) is 5.98. The zero-order valence-electron chi connectivity index (χ0n) is 10.6. The highest BCUT2D eigenvalue weighted by atomic mass is 19.3. The first-order chi connectivity index (χ1) is 9.58. The molecule has 3 nitrogen and oxygen atoms in total. The number of hydrogen-bond donors (Lipinski definition) is 1. The molecule has 0 heterocycles. The maximum atomic E-state index is 12.0. The molecule has 5 heteroatoms. The minimum Gasteiger partial charge on any atom is -0.488 e. The van der Waals surface area contributed by atoms with E-state index in [1.807, 2.05) is 0 Å². The van der Waals surface area contributed by atoms with Crippen LogP contribution < -0.4 is 10.5 Å². The average molecular weight is 277 g/mol. The van der Waals surface area contributed by atoms with Crippen molar-refractivity contribution in [2.24, 2.45) is 5.73 Å². The van der Waals surface area contributed by atoms with Gasteiger partial charge in [-0.05, 0) is 29.3 Å². The molecule has 0 aliphatic rings. The minimum absolute atomic E-state index is 0.352. The van der Waals surface area contributed by atoms with Crippen molar-refractivity contribution >= 4 is 5.91 Å². The lowest BCUT2D eigenvalue weighted by molar-refractivity contribution is 0.0819. The van der Waals surface area contributed by atoms with E-state index in [1.165, 1.54) is 0 Å². The fraction of sp³-hybridized carbons (Fsp3) is 0.133. The number of nitrogens with two attached hydrogens (primary N) is 1. The molecule has 20 heavy (non-hydrogen) atoms. The second-order valence-electron chi connectivity index (χ2n) is 4.14. The number of carbonyl (C=O) groups is 1. The van der Waals surface area contributed by atoms with Crippen molar-refractivity contribution in [2.45, 2.75) is 6.43 Å². The number of ether oxygens (including phenoxy) is 1. The highest BCUT2D eigenvalue weighted by Gasteiger charge is 2.09. The maximum absolute atomic E-state index is 12.0. The SMILES string of the molecule is NC(=O)c1ccccc1-c1ccc(OCC(F)F)cc1. The van der Waals surface area contributed by atoms with Gasteiger partial charge in [0.25, 0.3) is 6.43 Å². The molecule has 0 radical (unpaired) electrons. The van der Waals surface area contributed by atoms with Gasteiger partial charge in [0.2, 0.25) is 5.91 Å². The topological polar surface area (TPSA) is 52.3 Å². The van der Waals surface area contributed by atoms with Crippen LogP contribution in [0.3, 0.4) is 0 Å². The van der Waals surface area contributed by atoms with Crippen LogP contribution in [0.4, 0.5) is 8.78 Å². The van der Waals surface area contributed by atoms with E-state index in [4.69, 9.17) is 10.5 Å². The normalized spacial score (nSPS) is 10.6. The molecule has 104 valence electrons. The molecule has 0 aliphatic heterocycles. The van der Waals surface area contributed by atoms with E-state index >= 15 is 0 Å². The molecule has 2 rings (SSSR count). The number of hydrogen-bond acceptors (Lipinski definition) is 2. The molecule has 0 aromatic heterocycles. The summed E-state index contributed by atoms with van der Waals surface area (Å²) in [6.07, 6.45) is -2.51. The molecule has 2 N–H and O–H groups in total. The number of primary amides is 1. The van der Waals surface area contributed by atoms with E-state index in [0.29, 0.717) is 16.9 Å². The average Bonchev–Trinajstić information content (AvgIpc) is 2.45. The first-order valence-electron chi connectivity index (χ1n) is 5.98. The third kappa shape index (κ3) is 3.32. The molecule has 0 atom stereocenters. The Morgan fingerprint density at radius 1 is 1.10 bits per heavy atom. The summed E-state index contributed by atoms with van der Waals surface area (Å²) in [6, 6.07) is 13.5. The Labute approximate surface area is 115 Å². The number of halogens is 2. The summed E-state index contributed by atoms with van der Waals surface area (Å²) in [5.74, 6) is -0.163. The van der Waals surface area contributed by atoms with E-state index in [1.54, 1.807) is 48.5 Å².